The van der Waals surface area contributed by atoms with Gasteiger partial charge in [-0.2, -0.15) is 4.31 Å². The van der Waals surface area contributed by atoms with Gasteiger partial charge in [0, 0.05) is 44.8 Å². The number of amides is 1. The number of nitrogens with one attached hydrogen (secondary N) is 1. The standard InChI is InChI=1S/C22H29N3O4S/c1-29-21-9-5-18(6-10-21)11-12-23-22(26)20-7-3-19(4-8-20)17-24-13-15-25(16-14-24)30(2,27)28/h3-10H,11-17H2,1-2H3,(H,23,26). The molecule has 8 heteroatoms. The van der Waals surface area contributed by atoms with E-state index >= 15 is 0 Å². The molecule has 2 aromatic carbocycles. The minimum absolute atomic E-state index is 0.0863. The second-order valence-electron chi connectivity index (χ2n) is 7.49. The summed E-state index contributed by atoms with van der Waals surface area (Å²) in [5.74, 6) is 0.733. The van der Waals surface area contributed by atoms with Crippen LogP contribution in [0.4, 0.5) is 0 Å². The molecular weight excluding hydrogens is 402 g/mol. The van der Waals surface area contributed by atoms with Crippen LogP contribution in [0.3, 0.4) is 0 Å². The van der Waals surface area contributed by atoms with Gasteiger partial charge >= 0.3 is 0 Å². The number of ether oxygens (including phenoxy) is 1. The van der Waals surface area contributed by atoms with Gasteiger partial charge in [-0.3, -0.25) is 9.69 Å². The molecule has 1 aliphatic rings. The summed E-state index contributed by atoms with van der Waals surface area (Å²) in [5, 5.41) is 2.95. The van der Waals surface area contributed by atoms with Gasteiger partial charge in [-0.25, -0.2) is 8.42 Å². The maximum absolute atomic E-state index is 12.4. The molecule has 0 radical (unpaired) electrons. The fourth-order valence-electron chi connectivity index (χ4n) is 3.45. The number of piperazine rings is 1. The molecule has 0 unspecified atom stereocenters. The molecule has 1 fully saturated rings. The molecule has 3 rings (SSSR count). The molecule has 2 aromatic rings. The zero-order chi connectivity index (χ0) is 21.6. The summed E-state index contributed by atoms with van der Waals surface area (Å²) in [6.07, 6.45) is 2.01. The summed E-state index contributed by atoms with van der Waals surface area (Å²) in [6, 6.07) is 15.4. The number of rotatable bonds is 8. The van der Waals surface area contributed by atoms with Crippen LogP contribution in [0, 0.1) is 0 Å². The van der Waals surface area contributed by atoms with Crippen molar-refractivity contribution in [3.63, 3.8) is 0 Å². The molecule has 1 heterocycles. The van der Waals surface area contributed by atoms with Crippen LogP contribution in [0.5, 0.6) is 5.75 Å². The highest BCUT2D eigenvalue weighted by Gasteiger charge is 2.23. The van der Waals surface area contributed by atoms with Gasteiger partial charge in [-0.1, -0.05) is 24.3 Å². The molecular formula is C22H29N3O4S. The van der Waals surface area contributed by atoms with E-state index in [1.165, 1.54) is 10.6 Å². The first-order chi connectivity index (χ1) is 14.3. The second kappa shape index (κ2) is 10.1. The highest BCUT2D eigenvalue weighted by molar-refractivity contribution is 7.88. The highest BCUT2D eigenvalue weighted by Crippen LogP contribution is 2.13. The van der Waals surface area contributed by atoms with Crippen molar-refractivity contribution in [2.45, 2.75) is 13.0 Å². The third-order valence-electron chi connectivity index (χ3n) is 5.28. The summed E-state index contributed by atoms with van der Waals surface area (Å²) in [7, 11) is -1.47. The van der Waals surface area contributed by atoms with Crippen molar-refractivity contribution < 1.29 is 17.9 Å². The molecule has 0 saturated carbocycles. The maximum Gasteiger partial charge on any atom is 0.251 e. The number of carbonyl (C=O) groups is 1. The lowest BCUT2D eigenvalue weighted by Crippen LogP contribution is -2.47. The van der Waals surface area contributed by atoms with E-state index < -0.39 is 10.0 Å². The maximum atomic E-state index is 12.4. The minimum atomic E-state index is -3.11. The normalized spacial score (nSPS) is 15.7. The Kier molecular flexibility index (Phi) is 7.47. The van der Waals surface area contributed by atoms with Gasteiger partial charge < -0.3 is 10.1 Å². The predicted octanol–water partition coefficient (Wildman–Crippen LogP) is 1.74. The summed E-state index contributed by atoms with van der Waals surface area (Å²) in [5.41, 5.74) is 2.88. The van der Waals surface area contributed by atoms with Gasteiger partial charge in [0.2, 0.25) is 10.0 Å². The molecule has 1 aliphatic heterocycles. The quantitative estimate of drug-likeness (QED) is 0.689. The van der Waals surface area contributed by atoms with Crippen LogP contribution in [0.2, 0.25) is 0 Å². The first-order valence-electron chi connectivity index (χ1n) is 10.0. The number of hydrogen-bond acceptors (Lipinski definition) is 5. The molecule has 0 aromatic heterocycles. The highest BCUT2D eigenvalue weighted by atomic mass is 32.2. The smallest absolute Gasteiger partial charge is 0.251 e. The van der Waals surface area contributed by atoms with Crippen molar-refractivity contribution in [1.29, 1.82) is 0 Å². The van der Waals surface area contributed by atoms with E-state index in [-0.39, 0.29) is 5.91 Å². The van der Waals surface area contributed by atoms with E-state index in [0.717, 1.165) is 29.8 Å². The summed E-state index contributed by atoms with van der Waals surface area (Å²) < 4.78 is 29.9. The Morgan fingerprint density at radius 1 is 0.967 bits per heavy atom. The molecule has 7 nitrogen and oxygen atoms in total. The van der Waals surface area contributed by atoms with Crippen molar-refractivity contribution in [3.05, 3.63) is 65.2 Å². The van der Waals surface area contributed by atoms with Crippen molar-refractivity contribution in [2.24, 2.45) is 0 Å². The van der Waals surface area contributed by atoms with Crippen molar-refractivity contribution >= 4 is 15.9 Å². The van der Waals surface area contributed by atoms with Crippen LogP contribution in [0.15, 0.2) is 48.5 Å². The Morgan fingerprint density at radius 2 is 1.57 bits per heavy atom. The van der Waals surface area contributed by atoms with Crippen LogP contribution in [-0.4, -0.2) is 69.6 Å². The number of methoxy groups -OCH3 is 1. The largest absolute Gasteiger partial charge is 0.497 e. The zero-order valence-electron chi connectivity index (χ0n) is 17.5. The van der Waals surface area contributed by atoms with Gasteiger partial charge in [0.15, 0.2) is 0 Å². The molecule has 162 valence electrons. The first kappa shape index (κ1) is 22.3. The number of benzene rings is 2. The lowest BCUT2D eigenvalue weighted by Gasteiger charge is -2.33. The fourth-order valence-corrected chi connectivity index (χ4v) is 4.28. The number of sulfonamides is 1. The van der Waals surface area contributed by atoms with E-state index in [9.17, 15) is 13.2 Å². The Balaban J connectivity index is 1.44. The lowest BCUT2D eigenvalue weighted by atomic mass is 10.1. The van der Waals surface area contributed by atoms with Crippen LogP contribution in [0.1, 0.15) is 21.5 Å². The Labute approximate surface area is 178 Å². The Hall–Kier alpha value is -2.42. The number of carbonyl (C=O) groups excluding carboxylic acids is 1. The number of hydrogen-bond donors (Lipinski definition) is 1. The fraction of sp³-hybridized carbons (Fsp3) is 0.409. The van der Waals surface area contributed by atoms with Gasteiger partial charge in [0.25, 0.3) is 5.91 Å². The minimum Gasteiger partial charge on any atom is -0.497 e. The number of nitrogens with zero attached hydrogens (tertiary/aromatic N) is 2. The van der Waals surface area contributed by atoms with Crippen molar-refractivity contribution in [3.8, 4) is 5.75 Å². The van der Waals surface area contributed by atoms with Crippen molar-refractivity contribution in [1.82, 2.24) is 14.5 Å². The zero-order valence-corrected chi connectivity index (χ0v) is 18.3. The van der Waals surface area contributed by atoms with Gasteiger partial charge in [-0.15, -0.1) is 0 Å². The molecule has 1 amide bonds. The van der Waals surface area contributed by atoms with Crippen molar-refractivity contribution in [2.75, 3.05) is 46.1 Å². The Bertz CT molecular complexity index is 935. The van der Waals surface area contributed by atoms with Crippen LogP contribution < -0.4 is 10.1 Å². The van der Waals surface area contributed by atoms with E-state index in [2.05, 4.69) is 10.2 Å². The average Bonchev–Trinajstić information content (AvgIpc) is 2.74. The van der Waals surface area contributed by atoms with Gasteiger partial charge in [-0.05, 0) is 41.8 Å². The van der Waals surface area contributed by atoms with Crippen LogP contribution >= 0.6 is 0 Å². The molecule has 30 heavy (non-hydrogen) atoms. The summed E-state index contributed by atoms with van der Waals surface area (Å²) in [4.78, 5) is 14.6. The van der Waals surface area contributed by atoms with E-state index in [1.807, 2.05) is 48.5 Å². The molecule has 0 atom stereocenters. The monoisotopic (exact) mass is 431 g/mol. The lowest BCUT2D eigenvalue weighted by molar-refractivity contribution is 0.0954. The Morgan fingerprint density at radius 3 is 2.13 bits per heavy atom. The first-order valence-corrected chi connectivity index (χ1v) is 11.9. The van der Waals surface area contributed by atoms with E-state index in [0.29, 0.717) is 38.3 Å². The summed E-state index contributed by atoms with van der Waals surface area (Å²) in [6.45, 7) is 3.77. The molecule has 1 saturated heterocycles. The van der Waals surface area contributed by atoms with E-state index in [1.54, 1.807) is 7.11 Å². The third-order valence-corrected chi connectivity index (χ3v) is 6.58. The SMILES string of the molecule is COc1ccc(CCNC(=O)c2ccc(CN3CCN(S(C)(=O)=O)CC3)cc2)cc1. The molecule has 1 N–H and O–H groups in total. The third kappa shape index (κ3) is 6.29. The van der Waals surface area contributed by atoms with E-state index in [4.69, 9.17) is 4.74 Å². The van der Waals surface area contributed by atoms with Crippen LogP contribution in [0.25, 0.3) is 0 Å². The van der Waals surface area contributed by atoms with Crippen LogP contribution in [-0.2, 0) is 23.0 Å². The van der Waals surface area contributed by atoms with Gasteiger partial charge in [0.1, 0.15) is 5.75 Å². The molecule has 0 aliphatic carbocycles. The molecule has 0 bridgehead atoms. The predicted molar refractivity (Wildman–Crippen MR) is 117 cm³/mol. The molecule has 0 spiro atoms. The topological polar surface area (TPSA) is 79.0 Å². The summed E-state index contributed by atoms with van der Waals surface area (Å²) >= 11 is 0. The average molecular weight is 432 g/mol. The van der Waals surface area contributed by atoms with Gasteiger partial charge in [0.05, 0.1) is 13.4 Å². The second-order valence-corrected chi connectivity index (χ2v) is 9.47.